The number of thiophene rings is 1. The standard InChI is InChI=1S/C21H22N2OS/c1-2-12-23(21(24)15-20-11-7-14-25-20)17-19-10-6-13-22(19)16-18-8-4-3-5-9-18/h2-11,13-14H,1,12,15-17H2. The van der Waals surface area contributed by atoms with Crippen LogP contribution in [0.2, 0.25) is 0 Å². The summed E-state index contributed by atoms with van der Waals surface area (Å²) in [5.41, 5.74) is 2.38. The summed E-state index contributed by atoms with van der Waals surface area (Å²) in [6.45, 7) is 5.76. The highest BCUT2D eigenvalue weighted by atomic mass is 32.1. The molecule has 0 saturated carbocycles. The highest BCUT2D eigenvalue weighted by Crippen LogP contribution is 2.14. The Kier molecular flexibility index (Phi) is 5.86. The van der Waals surface area contributed by atoms with E-state index in [9.17, 15) is 4.79 Å². The summed E-state index contributed by atoms with van der Waals surface area (Å²) in [5.74, 6) is 0.134. The normalized spacial score (nSPS) is 10.6. The lowest BCUT2D eigenvalue weighted by molar-refractivity contribution is -0.130. The molecule has 1 aromatic carbocycles. The van der Waals surface area contributed by atoms with Gasteiger partial charge in [0.05, 0.1) is 13.0 Å². The van der Waals surface area contributed by atoms with Gasteiger partial charge in [-0.1, -0.05) is 42.5 Å². The summed E-state index contributed by atoms with van der Waals surface area (Å²) >= 11 is 1.62. The second kappa shape index (κ2) is 8.49. The molecule has 3 aromatic rings. The second-order valence-corrected chi connectivity index (χ2v) is 6.96. The van der Waals surface area contributed by atoms with Gasteiger partial charge in [0.15, 0.2) is 0 Å². The maximum absolute atomic E-state index is 12.7. The Labute approximate surface area is 152 Å². The number of benzene rings is 1. The maximum Gasteiger partial charge on any atom is 0.228 e. The lowest BCUT2D eigenvalue weighted by atomic mass is 10.2. The Bertz CT molecular complexity index is 806. The third-order valence-electron chi connectivity index (χ3n) is 4.08. The molecule has 0 bridgehead atoms. The molecule has 2 aromatic heterocycles. The SMILES string of the molecule is C=CCN(Cc1cccn1Cc1ccccc1)C(=O)Cc1cccs1. The van der Waals surface area contributed by atoms with Crippen LogP contribution >= 0.6 is 11.3 Å². The smallest absolute Gasteiger partial charge is 0.228 e. The zero-order valence-electron chi connectivity index (χ0n) is 14.2. The van der Waals surface area contributed by atoms with E-state index >= 15 is 0 Å². The van der Waals surface area contributed by atoms with E-state index in [2.05, 4.69) is 35.5 Å². The van der Waals surface area contributed by atoms with Gasteiger partial charge in [-0.2, -0.15) is 0 Å². The zero-order valence-corrected chi connectivity index (χ0v) is 15.0. The van der Waals surface area contributed by atoms with E-state index in [1.54, 1.807) is 17.4 Å². The van der Waals surface area contributed by atoms with Gasteiger partial charge in [-0.25, -0.2) is 0 Å². The number of aromatic nitrogens is 1. The van der Waals surface area contributed by atoms with Gasteiger partial charge in [0.2, 0.25) is 5.91 Å². The van der Waals surface area contributed by atoms with Gasteiger partial charge < -0.3 is 9.47 Å². The number of carbonyl (C=O) groups is 1. The first-order valence-electron chi connectivity index (χ1n) is 8.35. The maximum atomic E-state index is 12.7. The molecule has 0 aliphatic carbocycles. The molecule has 1 amide bonds. The van der Waals surface area contributed by atoms with Crippen LogP contribution in [0.15, 0.2) is 78.8 Å². The summed E-state index contributed by atoms with van der Waals surface area (Å²) in [6.07, 6.45) is 4.31. The summed E-state index contributed by atoms with van der Waals surface area (Å²) in [7, 11) is 0. The molecule has 128 valence electrons. The van der Waals surface area contributed by atoms with Crippen molar-refractivity contribution in [1.29, 1.82) is 0 Å². The average molecular weight is 350 g/mol. The highest BCUT2D eigenvalue weighted by Gasteiger charge is 2.15. The molecule has 3 rings (SSSR count). The molecule has 0 radical (unpaired) electrons. The van der Waals surface area contributed by atoms with Gasteiger partial charge in [-0.15, -0.1) is 17.9 Å². The Balaban J connectivity index is 1.71. The van der Waals surface area contributed by atoms with Gasteiger partial charge in [0.25, 0.3) is 0 Å². The number of hydrogen-bond donors (Lipinski definition) is 0. The van der Waals surface area contributed by atoms with Crippen molar-refractivity contribution in [3.8, 4) is 0 Å². The van der Waals surface area contributed by atoms with Crippen LogP contribution in [0.25, 0.3) is 0 Å². The number of hydrogen-bond acceptors (Lipinski definition) is 2. The minimum Gasteiger partial charge on any atom is -0.345 e. The third-order valence-corrected chi connectivity index (χ3v) is 4.96. The van der Waals surface area contributed by atoms with Gasteiger partial charge in [-0.3, -0.25) is 4.79 Å². The van der Waals surface area contributed by atoms with E-state index in [1.165, 1.54) is 5.56 Å². The van der Waals surface area contributed by atoms with E-state index in [1.807, 2.05) is 46.7 Å². The molecular weight excluding hydrogens is 328 g/mol. The van der Waals surface area contributed by atoms with E-state index in [0.717, 1.165) is 17.1 Å². The number of amides is 1. The molecule has 0 atom stereocenters. The zero-order chi connectivity index (χ0) is 17.5. The van der Waals surface area contributed by atoms with Crippen LogP contribution in [0.1, 0.15) is 16.1 Å². The van der Waals surface area contributed by atoms with Crippen molar-refractivity contribution in [3.05, 3.63) is 95.0 Å². The van der Waals surface area contributed by atoms with Gasteiger partial charge in [0, 0.05) is 29.9 Å². The van der Waals surface area contributed by atoms with Gasteiger partial charge in [0.1, 0.15) is 0 Å². The van der Waals surface area contributed by atoms with Crippen LogP contribution in [0, 0.1) is 0 Å². The van der Waals surface area contributed by atoms with Crippen LogP contribution < -0.4 is 0 Å². The average Bonchev–Trinajstić information content (AvgIpc) is 3.28. The Morgan fingerprint density at radius 3 is 2.68 bits per heavy atom. The second-order valence-electron chi connectivity index (χ2n) is 5.93. The fraction of sp³-hybridized carbons (Fsp3) is 0.190. The fourth-order valence-corrected chi connectivity index (χ4v) is 3.50. The molecule has 0 aliphatic rings. The minimum absolute atomic E-state index is 0.134. The van der Waals surface area contributed by atoms with Crippen molar-refractivity contribution in [2.45, 2.75) is 19.5 Å². The number of rotatable bonds is 8. The molecule has 0 aliphatic heterocycles. The first-order valence-corrected chi connectivity index (χ1v) is 9.23. The number of nitrogens with zero attached hydrogens (tertiary/aromatic N) is 2. The monoisotopic (exact) mass is 350 g/mol. The Morgan fingerprint density at radius 2 is 1.96 bits per heavy atom. The first-order chi connectivity index (χ1) is 12.3. The van der Waals surface area contributed by atoms with Crippen LogP contribution in [0.5, 0.6) is 0 Å². The summed E-state index contributed by atoms with van der Waals surface area (Å²) in [4.78, 5) is 15.6. The molecular formula is C21H22N2OS. The molecule has 2 heterocycles. The van der Waals surface area contributed by atoms with E-state index in [4.69, 9.17) is 0 Å². The molecule has 3 nitrogen and oxygen atoms in total. The third kappa shape index (κ3) is 4.70. The summed E-state index contributed by atoms with van der Waals surface area (Å²) in [5, 5.41) is 2.01. The lowest BCUT2D eigenvalue weighted by Crippen LogP contribution is -2.32. The summed E-state index contributed by atoms with van der Waals surface area (Å²) in [6, 6.07) is 18.5. The van der Waals surface area contributed by atoms with Gasteiger partial charge >= 0.3 is 0 Å². The Morgan fingerprint density at radius 1 is 1.12 bits per heavy atom. The minimum atomic E-state index is 0.134. The van der Waals surface area contributed by atoms with Crippen molar-refractivity contribution < 1.29 is 4.79 Å². The molecule has 0 unspecified atom stereocenters. The van der Waals surface area contributed by atoms with E-state index in [-0.39, 0.29) is 5.91 Å². The van der Waals surface area contributed by atoms with Gasteiger partial charge in [-0.05, 0) is 29.1 Å². The van der Waals surface area contributed by atoms with Crippen LogP contribution in [-0.2, 0) is 24.3 Å². The van der Waals surface area contributed by atoms with Crippen LogP contribution in [0.4, 0.5) is 0 Å². The lowest BCUT2D eigenvalue weighted by Gasteiger charge is -2.22. The topological polar surface area (TPSA) is 25.2 Å². The molecule has 25 heavy (non-hydrogen) atoms. The molecule has 4 heteroatoms. The fourth-order valence-electron chi connectivity index (χ4n) is 2.81. The summed E-state index contributed by atoms with van der Waals surface area (Å²) < 4.78 is 2.20. The van der Waals surface area contributed by atoms with E-state index < -0.39 is 0 Å². The molecule has 0 saturated heterocycles. The quantitative estimate of drug-likeness (QED) is 0.554. The van der Waals surface area contributed by atoms with Crippen molar-refractivity contribution in [2.24, 2.45) is 0 Å². The highest BCUT2D eigenvalue weighted by molar-refractivity contribution is 7.10. The molecule has 0 N–H and O–H groups in total. The predicted octanol–water partition coefficient (Wildman–Crippen LogP) is 4.36. The van der Waals surface area contributed by atoms with Crippen molar-refractivity contribution in [1.82, 2.24) is 9.47 Å². The number of carbonyl (C=O) groups excluding carboxylic acids is 1. The largest absolute Gasteiger partial charge is 0.345 e. The van der Waals surface area contributed by atoms with Crippen molar-refractivity contribution in [2.75, 3.05) is 6.54 Å². The predicted molar refractivity (Wildman–Crippen MR) is 104 cm³/mol. The molecule has 0 spiro atoms. The van der Waals surface area contributed by atoms with E-state index in [0.29, 0.717) is 19.5 Å². The Hall–Kier alpha value is -2.59. The molecule has 0 fully saturated rings. The van der Waals surface area contributed by atoms with Crippen molar-refractivity contribution >= 4 is 17.2 Å². The van der Waals surface area contributed by atoms with Crippen LogP contribution in [0.3, 0.4) is 0 Å². The van der Waals surface area contributed by atoms with Crippen molar-refractivity contribution in [3.63, 3.8) is 0 Å². The van der Waals surface area contributed by atoms with Crippen LogP contribution in [-0.4, -0.2) is 21.9 Å². The first kappa shape index (κ1) is 17.2.